The van der Waals surface area contributed by atoms with Crippen LogP contribution in [0.25, 0.3) is 16.7 Å². The van der Waals surface area contributed by atoms with Crippen LogP contribution in [0.15, 0.2) is 36.4 Å². The van der Waals surface area contributed by atoms with Gasteiger partial charge in [-0.15, -0.1) is 15.0 Å². The zero-order valence-electron chi connectivity index (χ0n) is 20.0. The summed E-state index contributed by atoms with van der Waals surface area (Å²) in [6.45, 7) is 8.44. The van der Waals surface area contributed by atoms with Crippen molar-refractivity contribution in [2.24, 2.45) is 0 Å². The number of fused-ring (bicyclic) bond motifs is 1. The number of carbonyl (C=O) groups is 1. The lowest BCUT2D eigenvalue weighted by Crippen LogP contribution is -2.14. The summed E-state index contributed by atoms with van der Waals surface area (Å²) in [5.74, 6) is 0.510. The van der Waals surface area contributed by atoms with Crippen molar-refractivity contribution in [3.05, 3.63) is 47.5 Å². The van der Waals surface area contributed by atoms with Crippen LogP contribution < -0.4 is 0 Å². The molecular weight excluding hydrogens is 398 g/mol. The fourth-order valence-corrected chi connectivity index (χ4v) is 4.02. The van der Waals surface area contributed by atoms with E-state index in [4.69, 9.17) is 0 Å². The van der Waals surface area contributed by atoms with E-state index in [1.54, 1.807) is 0 Å². The molecule has 1 aromatic heterocycles. The van der Waals surface area contributed by atoms with Gasteiger partial charge in [-0.05, 0) is 42.0 Å². The van der Waals surface area contributed by atoms with Gasteiger partial charge in [0.25, 0.3) is 0 Å². The topological polar surface area (TPSA) is 68.0 Å². The van der Waals surface area contributed by atoms with Crippen molar-refractivity contribution in [1.29, 1.82) is 0 Å². The Morgan fingerprint density at radius 1 is 0.938 bits per heavy atom. The molecule has 0 aliphatic rings. The number of hydrogen-bond donors (Lipinski definition) is 1. The predicted molar refractivity (Wildman–Crippen MR) is 131 cm³/mol. The Morgan fingerprint density at radius 2 is 1.56 bits per heavy atom. The molecule has 1 N–H and O–H groups in total. The third-order valence-electron chi connectivity index (χ3n) is 5.96. The van der Waals surface area contributed by atoms with Crippen LogP contribution in [0.3, 0.4) is 0 Å². The third-order valence-corrected chi connectivity index (χ3v) is 5.96. The van der Waals surface area contributed by atoms with E-state index in [1.807, 2.05) is 36.4 Å². The van der Waals surface area contributed by atoms with Crippen molar-refractivity contribution >= 4 is 16.8 Å². The van der Waals surface area contributed by atoms with Crippen LogP contribution in [0.4, 0.5) is 0 Å². The number of ketones is 1. The number of aryl methyl sites for hydroxylation is 1. The van der Waals surface area contributed by atoms with Gasteiger partial charge >= 0.3 is 0 Å². The van der Waals surface area contributed by atoms with Gasteiger partial charge in [0.2, 0.25) is 0 Å². The van der Waals surface area contributed by atoms with Crippen LogP contribution in [-0.4, -0.2) is 25.9 Å². The van der Waals surface area contributed by atoms with E-state index in [0.717, 1.165) is 35.0 Å². The third kappa shape index (κ3) is 6.18. The molecule has 0 aliphatic heterocycles. The lowest BCUT2D eigenvalue weighted by molar-refractivity contribution is -0.119. The fourth-order valence-electron chi connectivity index (χ4n) is 4.02. The molecule has 0 unspecified atom stereocenters. The number of unbranched alkanes of at least 4 members (excludes halogenated alkanes) is 5. The number of carbonyl (C=O) groups excluding carboxylic acids is 1. The average molecular weight is 436 g/mol. The summed E-state index contributed by atoms with van der Waals surface area (Å²) in [6.07, 6.45) is 9.00. The molecule has 5 heteroatoms. The SMILES string of the molecule is CCCCCCCCC(=O)CCc1cc(-n2nc3ccccc3n2)c(O)c(C(C)(C)C)c1. The highest BCUT2D eigenvalue weighted by Gasteiger charge is 2.23. The van der Waals surface area contributed by atoms with E-state index < -0.39 is 0 Å². The van der Waals surface area contributed by atoms with Crippen LogP contribution in [0.5, 0.6) is 5.75 Å². The zero-order chi connectivity index (χ0) is 23.1. The van der Waals surface area contributed by atoms with Crippen LogP contribution >= 0.6 is 0 Å². The molecule has 0 radical (unpaired) electrons. The molecule has 0 spiro atoms. The summed E-state index contributed by atoms with van der Waals surface area (Å²) >= 11 is 0. The minimum Gasteiger partial charge on any atom is -0.505 e. The molecule has 0 amide bonds. The molecule has 0 atom stereocenters. The number of hydrogen-bond acceptors (Lipinski definition) is 4. The first-order valence-corrected chi connectivity index (χ1v) is 12.0. The van der Waals surface area contributed by atoms with Gasteiger partial charge < -0.3 is 5.11 Å². The highest BCUT2D eigenvalue weighted by molar-refractivity contribution is 5.78. The van der Waals surface area contributed by atoms with Crippen molar-refractivity contribution < 1.29 is 9.90 Å². The molecule has 2 aromatic carbocycles. The molecular formula is C27H37N3O2. The summed E-state index contributed by atoms with van der Waals surface area (Å²) in [5.41, 5.74) is 3.75. The van der Waals surface area contributed by atoms with Crippen molar-refractivity contribution in [1.82, 2.24) is 15.0 Å². The molecule has 3 aromatic rings. The number of benzene rings is 2. The van der Waals surface area contributed by atoms with Crippen LogP contribution in [0.2, 0.25) is 0 Å². The van der Waals surface area contributed by atoms with Crippen LogP contribution in [0.1, 0.15) is 90.2 Å². The van der Waals surface area contributed by atoms with E-state index in [0.29, 0.717) is 30.7 Å². The smallest absolute Gasteiger partial charge is 0.146 e. The quantitative estimate of drug-likeness (QED) is 0.341. The van der Waals surface area contributed by atoms with E-state index in [-0.39, 0.29) is 11.2 Å². The maximum Gasteiger partial charge on any atom is 0.146 e. The van der Waals surface area contributed by atoms with Gasteiger partial charge in [0.05, 0.1) is 0 Å². The summed E-state index contributed by atoms with van der Waals surface area (Å²) in [7, 11) is 0. The first-order chi connectivity index (χ1) is 15.3. The minimum absolute atomic E-state index is 0.194. The average Bonchev–Trinajstić information content (AvgIpc) is 3.18. The van der Waals surface area contributed by atoms with Crippen molar-refractivity contribution in [3.63, 3.8) is 0 Å². The Balaban J connectivity index is 1.75. The molecule has 0 saturated carbocycles. The lowest BCUT2D eigenvalue weighted by atomic mass is 9.84. The monoisotopic (exact) mass is 435 g/mol. The number of phenolic OH excluding ortho intramolecular Hbond substituents is 1. The summed E-state index contributed by atoms with van der Waals surface area (Å²) < 4.78 is 0. The van der Waals surface area contributed by atoms with Gasteiger partial charge in [-0.1, -0.05) is 78.0 Å². The Hall–Kier alpha value is -2.69. The summed E-state index contributed by atoms with van der Waals surface area (Å²) in [5, 5.41) is 20.1. The van der Waals surface area contributed by atoms with Gasteiger partial charge in [-0.2, -0.15) is 0 Å². The summed E-state index contributed by atoms with van der Waals surface area (Å²) in [6, 6.07) is 11.6. The molecule has 0 aliphatic carbocycles. The first-order valence-electron chi connectivity index (χ1n) is 12.0. The molecule has 0 saturated heterocycles. The number of phenols is 1. The second kappa shape index (κ2) is 10.8. The number of rotatable bonds is 11. The van der Waals surface area contributed by atoms with Crippen LogP contribution in [0, 0.1) is 0 Å². The van der Waals surface area contributed by atoms with Gasteiger partial charge in [0, 0.05) is 18.4 Å². The molecule has 32 heavy (non-hydrogen) atoms. The van der Waals surface area contributed by atoms with Crippen LogP contribution in [-0.2, 0) is 16.6 Å². The first kappa shape index (κ1) is 24.0. The Bertz CT molecular complexity index is 1010. The molecule has 0 bridgehead atoms. The van der Waals surface area contributed by atoms with Gasteiger partial charge in [0.1, 0.15) is 28.3 Å². The molecule has 5 nitrogen and oxygen atoms in total. The predicted octanol–water partition coefficient (Wildman–Crippen LogP) is 6.68. The number of aromatic hydroxyl groups is 1. The largest absolute Gasteiger partial charge is 0.505 e. The van der Waals surface area contributed by atoms with E-state index in [1.165, 1.54) is 30.5 Å². The highest BCUT2D eigenvalue weighted by atomic mass is 16.3. The number of aromatic nitrogens is 3. The Labute approximate surface area is 191 Å². The minimum atomic E-state index is -0.246. The maximum atomic E-state index is 12.4. The molecule has 1 heterocycles. The number of Topliss-reactive ketones (excluding diaryl/α,β-unsaturated/α-hetero) is 1. The van der Waals surface area contributed by atoms with E-state index >= 15 is 0 Å². The van der Waals surface area contributed by atoms with Crippen molar-refractivity contribution in [3.8, 4) is 11.4 Å². The summed E-state index contributed by atoms with van der Waals surface area (Å²) in [4.78, 5) is 14.0. The fraction of sp³-hybridized carbons (Fsp3) is 0.519. The van der Waals surface area contributed by atoms with Gasteiger partial charge in [-0.25, -0.2) is 0 Å². The maximum absolute atomic E-state index is 12.4. The molecule has 0 fully saturated rings. The number of nitrogens with zero attached hydrogens (tertiary/aromatic N) is 3. The van der Waals surface area contributed by atoms with Crippen molar-refractivity contribution in [2.45, 2.75) is 90.9 Å². The molecule has 3 rings (SSSR count). The zero-order valence-corrected chi connectivity index (χ0v) is 20.0. The van der Waals surface area contributed by atoms with Gasteiger partial charge in [0.15, 0.2) is 0 Å². The molecule has 172 valence electrons. The van der Waals surface area contributed by atoms with Gasteiger partial charge in [-0.3, -0.25) is 4.79 Å². The second-order valence-electron chi connectivity index (χ2n) is 9.80. The normalized spacial score (nSPS) is 11.9. The van der Waals surface area contributed by atoms with Crippen molar-refractivity contribution in [2.75, 3.05) is 0 Å². The lowest BCUT2D eigenvalue weighted by Gasteiger charge is -2.23. The standard InChI is InChI=1S/C27H37N3O2/c1-5-6-7-8-9-10-13-21(31)17-16-20-18-22(27(2,3)4)26(32)25(19-20)30-28-23-14-11-12-15-24(23)29-30/h11-12,14-15,18-19,32H,5-10,13,16-17H2,1-4H3. The second-order valence-corrected chi connectivity index (χ2v) is 9.80. The van der Waals surface area contributed by atoms with E-state index in [9.17, 15) is 9.90 Å². The van der Waals surface area contributed by atoms with E-state index in [2.05, 4.69) is 37.9 Å². The highest BCUT2D eigenvalue weighted by Crippen LogP contribution is 2.36. The Kier molecular flexibility index (Phi) is 8.05. The Morgan fingerprint density at radius 3 is 2.19 bits per heavy atom.